The Labute approximate surface area is 159 Å². The highest BCUT2D eigenvalue weighted by atomic mass is 16.5. The van der Waals surface area contributed by atoms with Gasteiger partial charge in [-0.1, -0.05) is 24.3 Å². The molecule has 4 rings (SSSR count). The Balaban J connectivity index is 0.000000161. The van der Waals surface area contributed by atoms with Crippen LogP contribution < -0.4 is 9.47 Å². The number of carboxylic acids is 2. The molecule has 0 radical (unpaired) electrons. The van der Waals surface area contributed by atoms with Crippen LogP contribution in [0.25, 0.3) is 0 Å². The molecule has 0 amide bonds. The van der Waals surface area contributed by atoms with E-state index in [1.165, 1.54) is 0 Å². The maximum Gasteiger partial charge on any atom is 0.345 e. The van der Waals surface area contributed by atoms with Crippen molar-refractivity contribution in [2.75, 3.05) is 0 Å². The number of benzene rings is 2. The summed E-state index contributed by atoms with van der Waals surface area (Å²) < 4.78 is 10.3. The second-order valence-corrected chi connectivity index (χ2v) is 6.14. The summed E-state index contributed by atoms with van der Waals surface area (Å²) in [6.07, 6.45) is -2.27. The third-order valence-corrected chi connectivity index (χ3v) is 4.21. The average molecular weight is 384 g/mol. The van der Waals surface area contributed by atoms with E-state index in [1.54, 1.807) is 48.5 Å². The molecule has 8 heteroatoms. The Morgan fingerprint density at radius 1 is 0.714 bits per heavy atom. The monoisotopic (exact) mass is 384 g/mol. The van der Waals surface area contributed by atoms with Gasteiger partial charge in [0.05, 0.1) is 24.0 Å². The fourth-order valence-corrected chi connectivity index (χ4v) is 2.82. The molecule has 0 aromatic heterocycles. The van der Waals surface area contributed by atoms with Crippen LogP contribution in [0.15, 0.2) is 48.5 Å². The number of aliphatic carboxylic acids is 2. The smallest absolute Gasteiger partial charge is 0.345 e. The van der Waals surface area contributed by atoms with Crippen molar-refractivity contribution in [3.05, 3.63) is 59.7 Å². The molecule has 0 bridgehead atoms. The Morgan fingerprint density at radius 3 is 1.43 bits per heavy atom. The van der Waals surface area contributed by atoms with Crippen LogP contribution in [0.1, 0.15) is 33.6 Å². The fourth-order valence-electron chi connectivity index (χ4n) is 2.82. The number of rotatable bonds is 2. The summed E-state index contributed by atoms with van der Waals surface area (Å²) in [6, 6.07) is 13.3. The standard InChI is InChI=1S/2C10H8O4/c2*11-7-5-9(10(12)13)14-8-4-2-1-3-6(7)8/h2*1-4,9H,5H2,(H,12,13). The van der Waals surface area contributed by atoms with Gasteiger partial charge in [0.15, 0.2) is 11.6 Å². The van der Waals surface area contributed by atoms with Crippen molar-refractivity contribution in [2.45, 2.75) is 25.0 Å². The number of Topliss-reactive ketones (excluding diaryl/α,β-unsaturated/α-hetero) is 2. The van der Waals surface area contributed by atoms with Crippen molar-refractivity contribution >= 4 is 23.5 Å². The molecular formula is C20H16O8. The van der Waals surface area contributed by atoms with Gasteiger partial charge >= 0.3 is 11.9 Å². The molecule has 0 fully saturated rings. The number of carbonyl (C=O) groups is 4. The minimum Gasteiger partial charge on any atom is -0.478 e. The maximum atomic E-state index is 11.5. The van der Waals surface area contributed by atoms with Gasteiger partial charge in [0.1, 0.15) is 11.5 Å². The van der Waals surface area contributed by atoms with Gasteiger partial charge in [-0.25, -0.2) is 9.59 Å². The van der Waals surface area contributed by atoms with Crippen molar-refractivity contribution in [3.8, 4) is 11.5 Å². The minimum atomic E-state index is -1.10. The first-order valence-electron chi connectivity index (χ1n) is 8.40. The Morgan fingerprint density at radius 2 is 1.07 bits per heavy atom. The van der Waals surface area contributed by atoms with Crippen LogP contribution in [-0.4, -0.2) is 45.9 Å². The highest BCUT2D eigenvalue weighted by molar-refractivity contribution is 6.02. The highest BCUT2D eigenvalue weighted by Gasteiger charge is 2.31. The second-order valence-electron chi connectivity index (χ2n) is 6.14. The summed E-state index contributed by atoms with van der Waals surface area (Å²) in [7, 11) is 0. The van der Waals surface area contributed by atoms with E-state index in [0.29, 0.717) is 22.6 Å². The van der Waals surface area contributed by atoms with Gasteiger partial charge in [-0.2, -0.15) is 0 Å². The van der Waals surface area contributed by atoms with Crippen LogP contribution in [0.2, 0.25) is 0 Å². The molecule has 28 heavy (non-hydrogen) atoms. The molecule has 0 aliphatic carbocycles. The van der Waals surface area contributed by atoms with E-state index in [1.807, 2.05) is 0 Å². The lowest BCUT2D eigenvalue weighted by Crippen LogP contribution is -2.33. The molecule has 0 saturated heterocycles. The number of ketones is 2. The van der Waals surface area contributed by atoms with Crippen LogP contribution in [0, 0.1) is 0 Å². The Bertz CT molecular complexity index is 871. The number of carboxylic acid groups (broad SMARTS) is 2. The lowest BCUT2D eigenvalue weighted by Gasteiger charge is -2.21. The van der Waals surface area contributed by atoms with E-state index in [0.717, 1.165) is 0 Å². The van der Waals surface area contributed by atoms with Crippen LogP contribution in [0.5, 0.6) is 11.5 Å². The minimum absolute atomic E-state index is 0.0909. The van der Waals surface area contributed by atoms with Crippen LogP contribution in [-0.2, 0) is 9.59 Å². The van der Waals surface area contributed by atoms with E-state index in [-0.39, 0.29) is 24.4 Å². The van der Waals surface area contributed by atoms with Gasteiger partial charge < -0.3 is 19.7 Å². The van der Waals surface area contributed by atoms with Gasteiger partial charge in [0.2, 0.25) is 12.2 Å². The first kappa shape index (κ1) is 19.1. The van der Waals surface area contributed by atoms with Crippen LogP contribution in [0.3, 0.4) is 0 Å². The number of hydrogen-bond donors (Lipinski definition) is 2. The molecule has 8 nitrogen and oxygen atoms in total. The van der Waals surface area contributed by atoms with Gasteiger partial charge in [0, 0.05) is 0 Å². The topological polar surface area (TPSA) is 127 Å². The Hall–Kier alpha value is -3.68. The lowest BCUT2D eigenvalue weighted by atomic mass is 10.0. The van der Waals surface area contributed by atoms with Gasteiger partial charge in [0.25, 0.3) is 0 Å². The molecule has 2 aromatic rings. The van der Waals surface area contributed by atoms with Crippen molar-refractivity contribution < 1.29 is 38.9 Å². The van der Waals surface area contributed by atoms with Gasteiger partial charge in [-0.05, 0) is 24.3 Å². The van der Waals surface area contributed by atoms with Crippen molar-refractivity contribution in [2.24, 2.45) is 0 Å². The Kier molecular flexibility index (Phi) is 5.39. The summed E-state index contributed by atoms with van der Waals surface area (Å²) in [5, 5.41) is 17.4. The molecule has 2 aliphatic rings. The first-order chi connectivity index (χ1) is 13.4. The zero-order valence-electron chi connectivity index (χ0n) is 14.5. The maximum absolute atomic E-state index is 11.5. The first-order valence-corrected chi connectivity index (χ1v) is 8.40. The largest absolute Gasteiger partial charge is 0.478 e. The number of para-hydroxylation sites is 2. The zero-order valence-corrected chi connectivity index (χ0v) is 14.5. The fraction of sp³-hybridized carbons (Fsp3) is 0.200. The van der Waals surface area contributed by atoms with E-state index in [2.05, 4.69) is 0 Å². The normalized spacial score (nSPS) is 19.7. The zero-order chi connectivity index (χ0) is 20.3. The molecule has 0 spiro atoms. The summed E-state index contributed by atoms with van der Waals surface area (Å²) in [5.41, 5.74) is 0.926. The quantitative estimate of drug-likeness (QED) is 0.807. The molecule has 0 saturated carbocycles. The number of carbonyl (C=O) groups excluding carboxylic acids is 2. The molecule has 2 N–H and O–H groups in total. The molecule has 2 heterocycles. The predicted octanol–water partition coefficient (Wildman–Crippen LogP) is 2.21. The summed E-state index contributed by atoms with van der Waals surface area (Å²) in [5.74, 6) is -1.86. The molecule has 2 atom stereocenters. The van der Waals surface area contributed by atoms with Crippen molar-refractivity contribution in [1.29, 1.82) is 0 Å². The molecule has 2 aliphatic heterocycles. The summed E-state index contributed by atoms with van der Waals surface area (Å²) >= 11 is 0. The average Bonchev–Trinajstić information content (AvgIpc) is 2.68. The van der Waals surface area contributed by atoms with E-state index in [4.69, 9.17) is 19.7 Å². The lowest BCUT2D eigenvalue weighted by molar-refractivity contribution is -0.146. The molecule has 144 valence electrons. The van der Waals surface area contributed by atoms with Crippen LogP contribution in [0.4, 0.5) is 0 Å². The number of fused-ring (bicyclic) bond motifs is 2. The van der Waals surface area contributed by atoms with Gasteiger partial charge in [-0.3, -0.25) is 9.59 Å². The van der Waals surface area contributed by atoms with Crippen molar-refractivity contribution in [3.63, 3.8) is 0 Å². The second kappa shape index (κ2) is 7.91. The van der Waals surface area contributed by atoms with E-state index in [9.17, 15) is 19.2 Å². The van der Waals surface area contributed by atoms with Crippen LogP contribution >= 0.6 is 0 Å². The third-order valence-electron chi connectivity index (χ3n) is 4.21. The SMILES string of the molecule is O=C1CC(C(=O)O)Oc2ccccc21.O=C1CC(C(=O)O)Oc2ccccc21. The molecular weight excluding hydrogens is 368 g/mol. The number of ether oxygens (including phenoxy) is 2. The van der Waals surface area contributed by atoms with Crippen molar-refractivity contribution in [1.82, 2.24) is 0 Å². The number of hydrogen-bond acceptors (Lipinski definition) is 6. The summed E-state index contributed by atoms with van der Waals surface area (Å²) in [4.78, 5) is 44.2. The summed E-state index contributed by atoms with van der Waals surface area (Å²) in [6.45, 7) is 0. The van der Waals surface area contributed by atoms with E-state index < -0.39 is 24.1 Å². The molecule has 2 aromatic carbocycles. The molecule has 2 unspecified atom stereocenters. The van der Waals surface area contributed by atoms with Gasteiger partial charge in [-0.15, -0.1) is 0 Å². The van der Waals surface area contributed by atoms with E-state index >= 15 is 0 Å². The highest BCUT2D eigenvalue weighted by Crippen LogP contribution is 2.27. The predicted molar refractivity (Wildman–Crippen MR) is 94.9 cm³/mol. The third kappa shape index (κ3) is 4.01.